The van der Waals surface area contributed by atoms with Crippen molar-refractivity contribution in [3.05, 3.63) is 63.9 Å². The Hall–Kier alpha value is -1.39. The second kappa shape index (κ2) is 7.57. The van der Waals surface area contributed by atoms with Gasteiger partial charge in [-0.3, -0.25) is 0 Å². The average Bonchev–Trinajstić information content (AvgIpc) is 2.49. The van der Waals surface area contributed by atoms with Crippen LogP contribution in [0.5, 0.6) is 5.75 Å². The highest BCUT2D eigenvalue weighted by Crippen LogP contribution is 2.23. The van der Waals surface area contributed by atoms with Gasteiger partial charge < -0.3 is 10.5 Å². The molecule has 0 saturated heterocycles. The topological polar surface area (TPSA) is 35.2 Å². The van der Waals surface area contributed by atoms with E-state index in [4.69, 9.17) is 10.5 Å². The van der Waals surface area contributed by atoms with Crippen LogP contribution in [0.25, 0.3) is 0 Å². The molecule has 2 aromatic rings. The Bertz CT molecular complexity index is 603. The summed E-state index contributed by atoms with van der Waals surface area (Å²) in [4.78, 5) is 0. The van der Waals surface area contributed by atoms with Crippen molar-refractivity contribution in [3.8, 4) is 5.75 Å². The molecule has 0 aromatic heterocycles. The van der Waals surface area contributed by atoms with Crippen LogP contribution < -0.4 is 10.5 Å². The summed E-state index contributed by atoms with van der Waals surface area (Å²) < 4.78 is 20.3. The Kier molecular flexibility index (Phi) is 5.76. The molecule has 1 atom stereocenters. The summed E-state index contributed by atoms with van der Waals surface area (Å²) in [5, 5.41) is 0. The van der Waals surface area contributed by atoms with Crippen LogP contribution in [0.4, 0.5) is 4.39 Å². The van der Waals surface area contributed by atoms with Gasteiger partial charge in [0, 0.05) is 16.1 Å². The number of rotatable bonds is 6. The van der Waals surface area contributed by atoms with Gasteiger partial charge in [-0.15, -0.1) is 0 Å². The van der Waals surface area contributed by atoms with E-state index in [1.54, 1.807) is 12.1 Å². The molecule has 0 aliphatic carbocycles. The molecule has 2 nitrogen and oxygen atoms in total. The Balaban J connectivity index is 2.11. The van der Waals surface area contributed by atoms with Crippen molar-refractivity contribution in [2.75, 3.05) is 0 Å². The number of ether oxygens (including phenoxy) is 1. The van der Waals surface area contributed by atoms with E-state index in [9.17, 15) is 4.39 Å². The summed E-state index contributed by atoms with van der Waals surface area (Å²) in [5.74, 6) is 0.502. The van der Waals surface area contributed by atoms with Gasteiger partial charge in [-0.05, 0) is 42.7 Å². The van der Waals surface area contributed by atoms with E-state index >= 15 is 0 Å². The number of para-hydroxylation sites is 1. The van der Waals surface area contributed by atoms with Gasteiger partial charge in [-0.25, -0.2) is 4.39 Å². The van der Waals surface area contributed by atoms with Crippen molar-refractivity contribution in [1.29, 1.82) is 0 Å². The highest BCUT2D eigenvalue weighted by molar-refractivity contribution is 9.10. The first kappa shape index (κ1) is 16.0. The van der Waals surface area contributed by atoms with Gasteiger partial charge in [-0.1, -0.05) is 41.1 Å². The summed E-state index contributed by atoms with van der Waals surface area (Å²) in [6.45, 7) is 2.26. The van der Waals surface area contributed by atoms with Crippen LogP contribution in [-0.2, 0) is 13.0 Å². The molecule has 0 bridgehead atoms. The first-order valence-corrected chi connectivity index (χ1v) is 7.79. The fraction of sp³-hybridized carbons (Fsp3) is 0.294. The molecular formula is C17H19BrFNO. The van der Waals surface area contributed by atoms with Crippen molar-refractivity contribution in [2.45, 2.75) is 32.4 Å². The molecule has 0 aliphatic rings. The van der Waals surface area contributed by atoms with Crippen molar-refractivity contribution >= 4 is 15.9 Å². The minimum Gasteiger partial charge on any atom is -0.489 e. The van der Waals surface area contributed by atoms with E-state index in [1.165, 1.54) is 6.07 Å². The summed E-state index contributed by atoms with van der Waals surface area (Å²) in [5.41, 5.74) is 7.59. The van der Waals surface area contributed by atoms with E-state index in [1.807, 2.05) is 24.3 Å². The maximum Gasteiger partial charge on any atom is 0.129 e. The number of halogens is 2. The number of benzene rings is 2. The third kappa shape index (κ3) is 4.55. The van der Waals surface area contributed by atoms with E-state index in [2.05, 4.69) is 22.9 Å². The van der Waals surface area contributed by atoms with Gasteiger partial charge in [-0.2, -0.15) is 0 Å². The molecule has 0 radical (unpaired) electrons. The predicted octanol–water partition coefficient (Wildman–Crippen LogP) is 4.45. The third-order valence-corrected chi connectivity index (χ3v) is 3.86. The zero-order valence-corrected chi connectivity index (χ0v) is 13.6. The van der Waals surface area contributed by atoms with Crippen LogP contribution in [0.1, 0.15) is 24.5 Å². The number of hydrogen-bond donors (Lipinski definition) is 1. The van der Waals surface area contributed by atoms with Gasteiger partial charge in [0.25, 0.3) is 0 Å². The minimum atomic E-state index is -0.263. The number of nitrogens with two attached hydrogens (primary N) is 1. The normalized spacial score (nSPS) is 12.2. The maximum atomic E-state index is 13.7. The standard InChI is InChI=1S/C17H19BrFNO/c1-2-15(20)10-12-5-3-4-6-17(12)21-11-13-9-14(18)7-8-16(13)19/h3-9,15H,2,10-11,20H2,1H3. The molecular weight excluding hydrogens is 333 g/mol. The zero-order valence-electron chi connectivity index (χ0n) is 12.0. The molecule has 2 rings (SSSR count). The monoisotopic (exact) mass is 351 g/mol. The fourth-order valence-electron chi connectivity index (χ4n) is 2.05. The van der Waals surface area contributed by atoms with Gasteiger partial charge in [0.2, 0.25) is 0 Å². The van der Waals surface area contributed by atoms with Crippen LogP contribution in [0.3, 0.4) is 0 Å². The van der Waals surface area contributed by atoms with Gasteiger partial charge in [0.1, 0.15) is 18.2 Å². The fourth-order valence-corrected chi connectivity index (χ4v) is 2.46. The molecule has 112 valence electrons. The molecule has 1 unspecified atom stereocenters. The lowest BCUT2D eigenvalue weighted by atomic mass is 10.0. The molecule has 0 saturated carbocycles. The van der Waals surface area contributed by atoms with Crippen molar-refractivity contribution in [2.24, 2.45) is 5.73 Å². The SMILES string of the molecule is CCC(N)Cc1ccccc1OCc1cc(Br)ccc1F. The highest BCUT2D eigenvalue weighted by Gasteiger charge is 2.09. The zero-order chi connectivity index (χ0) is 15.2. The third-order valence-electron chi connectivity index (χ3n) is 3.37. The van der Waals surface area contributed by atoms with Crippen molar-refractivity contribution < 1.29 is 9.13 Å². The van der Waals surface area contributed by atoms with Gasteiger partial charge in [0.05, 0.1) is 0 Å². The quantitative estimate of drug-likeness (QED) is 0.834. The van der Waals surface area contributed by atoms with Crippen LogP contribution >= 0.6 is 15.9 Å². The van der Waals surface area contributed by atoms with E-state index < -0.39 is 0 Å². The lowest BCUT2D eigenvalue weighted by molar-refractivity contribution is 0.296. The molecule has 0 aliphatic heterocycles. The average molecular weight is 352 g/mol. The lowest BCUT2D eigenvalue weighted by Crippen LogP contribution is -2.21. The Morgan fingerprint density at radius 3 is 2.71 bits per heavy atom. The van der Waals surface area contributed by atoms with Crippen molar-refractivity contribution in [3.63, 3.8) is 0 Å². The smallest absolute Gasteiger partial charge is 0.129 e. The summed E-state index contributed by atoms with van der Waals surface area (Å²) in [6.07, 6.45) is 1.67. The first-order valence-electron chi connectivity index (χ1n) is 7.00. The largest absolute Gasteiger partial charge is 0.489 e. The minimum absolute atomic E-state index is 0.109. The van der Waals surface area contributed by atoms with E-state index in [0.717, 1.165) is 28.6 Å². The summed E-state index contributed by atoms with van der Waals surface area (Å²) in [6, 6.07) is 12.7. The molecule has 0 heterocycles. The summed E-state index contributed by atoms with van der Waals surface area (Å²) in [7, 11) is 0. The second-order valence-electron chi connectivity index (χ2n) is 5.00. The Morgan fingerprint density at radius 1 is 1.19 bits per heavy atom. The molecule has 2 aromatic carbocycles. The van der Waals surface area contributed by atoms with E-state index in [0.29, 0.717) is 5.56 Å². The Labute approximate surface area is 133 Å². The summed E-state index contributed by atoms with van der Waals surface area (Å²) >= 11 is 3.34. The molecule has 21 heavy (non-hydrogen) atoms. The van der Waals surface area contributed by atoms with Crippen LogP contribution in [0, 0.1) is 5.82 Å². The molecule has 0 spiro atoms. The second-order valence-corrected chi connectivity index (χ2v) is 5.92. The van der Waals surface area contributed by atoms with Crippen LogP contribution in [0.15, 0.2) is 46.9 Å². The highest BCUT2D eigenvalue weighted by atomic mass is 79.9. The predicted molar refractivity (Wildman–Crippen MR) is 86.8 cm³/mol. The van der Waals surface area contributed by atoms with Crippen molar-refractivity contribution in [1.82, 2.24) is 0 Å². The van der Waals surface area contributed by atoms with Crippen LogP contribution in [-0.4, -0.2) is 6.04 Å². The lowest BCUT2D eigenvalue weighted by Gasteiger charge is -2.14. The molecule has 2 N–H and O–H groups in total. The molecule has 4 heteroatoms. The first-order chi connectivity index (χ1) is 10.1. The maximum absolute atomic E-state index is 13.7. The van der Waals surface area contributed by atoms with Gasteiger partial charge in [0.15, 0.2) is 0 Å². The van der Waals surface area contributed by atoms with E-state index in [-0.39, 0.29) is 18.5 Å². The molecule has 0 amide bonds. The number of hydrogen-bond acceptors (Lipinski definition) is 2. The Morgan fingerprint density at radius 2 is 1.95 bits per heavy atom. The van der Waals surface area contributed by atoms with Gasteiger partial charge >= 0.3 is 0 Å². The molecule has 0 fully saturated rings. The van der Waals surface area contributed by atoms with Crippen LogP contribution in [0.2, 0.25) is 0 Å².